The summed E-state index contributed by atoms with van der Waals surface area (Å²) in [5.74, 6) is 1.33. The molecule has 2 rings (SSSR count). The summed E-state index contributed by atoms with van der Waals surface area (Å²) in [4.78, 5) is 0. The van der Waals surface area contributed by atoms with Crippen molar-refractivity contribution in [3.05, 3.63) is 58.1 Å². The van der Waals surface area contributed by atoms with Crippen LogP contribution in [0, 0.1) is 0 Å². The summed E-state index contributed by atoms with van der Waals surface area (Å²) in [5.41, 5.74) is 7.06. The van der Waals surface area contributed by atoms with E-state index in [0.29, 0.717) is 21.5 Å². The monoisotopic (exact) mass is 309 g/mol. The van der Waals surface area contributed by atoms with E-state index in [0.717, 1.165) is 18.4 Å². The standard InChI is InChI=1S/C16H17Cl2NO/c1-2-13(19)9-11-3-8-16(15(18)10-11)20-14-6-4-12(17)5-7-14/h3-8,10,13H,2,9,19H2,1H3. The number of benzene rings is 2. The van der Waals surface area contributed by atoms with Crippen molar-refractivity contribution in [3.63, 3.8) is 0 Å². The Hall–Kier alpha value is -1.22. The van der Waals surface area contributed by atoms with Crippen molar-refractivity contribution in [2.24, 2.45) is 5.73 Å². The number of halogens is 2. The molecule has 0 aromatic heterocycles. The molecule has 0 aliphatic carbocycles. The summed E-state index contributed by atoms with van der Waals surface area (Å²) in [6.07, 6.45) is 1.76. The molecule has 0 bridgehead atoms. The second kappa shape index (κ2) is 6.98. The van der Waals surface area contributed by atoms with Gasteiger partial charge in [-0.25, -0.2) is 0 Å². The molecule has 0 spiro atoms. The van der Waals surface area contributed by atoms with Crippen LogP contribution in [0.25, 0.3) is 0 Å². The molecule has 0 radical (unpaired) electrons. The van der Waals surface area contributed by atoms with Gasteiger partial charge in [0.15, 0.2) is 0 Å². The molecule has 1 unspecified atom stereocenters. The van der Waals surface area contributed by atoms with E-state index in [9.17, 15) is 0 Å². The predicted octanol–water partition coefficient (Wildman–Crippen LogP) is 5.07. The molecular formula is C16H17Cl2NO. The van der Waals surface area contributed by atoms with Gasteiger partial charge in [-0.05, 0) is 54.8 Å². The largest absolute Gasteiger partial charge is 0.456 e. The minimum Gasteiger partial charge on any atom is -0.456 e. The first-order valence-electron chi connectivity index (χ1n) is 6.56. The van der Waals surface area contributed by atoms with Crippen LogP contribution in [-0.4, -0.2) is 6.04 Å². The van der Waals surface area contributed by atoms with E-state index >= 15 is 0 Å². The number of hydrogen-bond donors (Lipinski definition) is 1. The van der Waals surface area contributed by atoms with Gasteiger partial charge in [-0.2, -0.15) is 0 Å². The Labute approximate surface area is 129 Å². The molecule has 0 aliphatic heterocycles. The summed E-state index contributed by atoms with van der Waals surface area (Å²) < 4.78 is 5.73. The zero-order valence-electron chi connectivity index (χ0n) is 11.3. The maximum absolute atomic E-state index is 6.25. The predicted molar refractivity (Wildman–Crippen MR) is 84.9 cm³/mol. The lowest BCUT2D eigenvalue weighted by atomic mass is 10.0. The van der Waals surface area contributed by atoms with E-state index in [2.05, 4.69) is 6.92 Å². The van der Waals surface area contributed by atoms with Gasteiger partial charge >= 0.3 is 0 Å². The van der Waals surface area contributed by atoms with Crippen LogP contribution < -0.4 is 10.5 Å². The third kappa shape index (κ3) is 4.14. The molecular weight excluding hydrogens is 293 g/mol. The van der Waals surface area contributed by atoms with Gasteiger partial charge in [0.2, 0.25) is 0 Å². The van der Waals surface area contributed by atoms with E-state index in [1.807, 2.05) is 18.2 Å². The van der Waals surface area contributed by atoms with E-state index in [1.165, 1.54) is 0 Å². The first-order valence-corrected chi connectivity index (χ1v) is 7.31. The lowest BCUT2D eigenvalue weighted by Gasteiger charge is -2.11. The number of rotatable bonds is 5. The molecule has 2 nitrogen and oxygen atoms in total. The summed E-state index contributed by atoms with van der Waals surface area (Å²) in [6, 6.07) is 13.1. The third-order valence-corrected chi connectivity index (χ3v) is 3.61. The molecule has 0 amide bonds. The Morgan fingerprint density at radius 1 is 1.10 bits per heavy atom. The SMILES string of the molecule is CCC(N)Cc1ccc(Oc2ccc(Cl)cc2)c(Cl)c1. The Morgan fingerprint density at radius 3 is 2.40 bits per heavy atom. The van der Waals surface area contributed by atoms with Crippen LogP contribution >= 0.6 is 23.2 Å². The molecule has 2 aromatic rings. The molecule has 0 saturated heterocycles. The fraction of sp³-hybridized carbons (Fsp3) is 0.250. The van der Waals surface area contributed by atoms with Crippen LogP contribution in [0.2, 0.25) is 10.0 Å². The highest BCUT2D eigenvalue weighted by molar-refractivity contribution is 6.32. The molecule has 0 saturated carbocycles. The van der Waals surface area contributed by atoms with Gasteiger partial charge < -0.3 is 10.5 Å². The molecule has 0 fully saturated rings. The van der Waals surface area contributed by atoms with Gasteiger partial charge in [0.05, 0.1) is 5.02 Å². The topological polar surface area (TPSA) is 35.2 Å². The zero-order valence-corrected chi connectivity index (χ0v) is 12.8. The highest BCUT2D eigenvalue weighted by Gasteiger charge is 2.07. The van der Waals surface area contributed by atoms with Crippen molar-refractivity contribution in [2.45, 2.75) is 25.8 Å². The van der Waals surface area contributed by atoms with Crippen molar-refractivity contribution in [2.75, 3.05) is 0 Å². The molecule has 20 heavy (non-hydrogen) atoms. The van der Waals surface area contributed by atoms with Gasteiger partial charge in [-0.1, -0.05) is 36.2 Å². The van der Waals surface area contributed by atoms with Crippen molar-refractivity contribution in [1.29, 1.82) is 0 Å². The summed E-state index contributed by atoms with van der Waals surface area (Å²) >= 11 is 12.1. The Bertz CT molecular complexity index is 569. The number of ether oxygens (including phenoxy) is 1. The molecule has 106 valence electrons. The van der Waals surface area contributed by atoms with Gasteiger partial charge in [-0.3, -0.25) is 0 Å². The minimum absolute atomic E-state index is 0.161. The van der Waals surface area contributed by atoms with Crippen molar-refractivity contribution < 1.29 is 4.74 Å². The van der Waals surface area contributed by atoms with Gasteiger partial charge in [0, 0.05) is 11.1 Å². The first-order chi connectivity index (χ1) is 9.58. The maximum Gasteiger partial charge on any atom is 0.146 e. The fourth-order valence-electron chi connectivity index (χ4n) is 1.83. The van der Waals surface area contributed by atoms with Gasteiger partial charge in [0.25, 0.3) is 0 Å². The second-order valence-corrected chi connectivity index (χ2v) is 5.54. The van der Waals surface area contributed by atoms with E-state index in [4.69, 9.17) is 33.7 Å². The van der Waals surface area contributed by atoms with Crippen LogP contribution in [0.15, 0.2) is 42.5 Å². The average Bonchev–Trinajstić information content (AvgIpc) is 2.44. The van der Waals surface area contributed by atoms with Crippen LogP contribution in [0.4, 0.5) is 0 Å². The molecule has 2 aromatic carbocycles. The third-order valence-electron chi connectivity index (χ3n) is 3.06. The van der Waals surface area contributed by atoms with Gasteiger partial charge in [-0.15, -0.1) is 0 Å². The summed E-state index contributed by atoms with van der Waals surface area (Å²) in [5, 5.41) is 1.26. The maximum atomic E-state index is 6.25. The summed E-state index contributed by atoms with van der Waals surface area (Å²) in [7, 11) is 0. The van der Waals surface area contributed by atoms with E-state index in [-0.39, 0.29) is 6.04 Å². The highest BCUT2D eigenvalue weighted by Crippen LogP contribution is 2.31. The second-order valence-electron chi connectivity index (χ2n) is 4.69. The lowest BCUT2D eigenvalue weighted by molar-refractivity contribution is 0.482. The number of hydrogen-bond acceptors (Lipinski definition) is 2. The van der Waals surface area contributed by atoms with Crippen molar-refractivity contribution in [1.82, 2.24) is 0 Å². The Morgan fingerprint density at radius 2 is 1.80 bits per heavy atom. The zero-order chi connectivity index (χ0) is 14.5. The molecule has 0 heterocycles. The first kappa shape index (κ1) is 15.2. The van der Waals surface area contributed by atoms with Crippen LogP contribution in [0.5, 0.6) is 11.5 Å². The Balaban J connectivity index is 2.11. The van der Waals surface area contributed by atoms with Crippen LogP contribution in [0.1, 0.15) is 18.9 Å². The lowest BCUT2D eigenvalue weighted by Crippen LogP contribution is -2.21. The molecule has 0 aliphatic rings. The van der Waals surface area contributed by atoms with Crippen molar-refractivity contribution in [3.8, 4) is 11.5 Å². The van der Waals surface area contributed by atoms with Crippen molar-refractivity contribution >= 4 is 23.2 Å². The highest BCUT2D eigenvalue weighted by atomic mass is 35.5. The molecule has 1 atom stereocenters. The van der Waals surface area contributed by atoms with E-state index < -0.39 is 0 Å². The normalized spacial score (nSPS) is 12.2. The van der Waals surface area contributed by atoms with Crippen LogP contribution in [-0.2, 0) is 6.42 Å². The quantitative estimate of drug-likeness (QED) is 0.837. The fourth-order valence-corrected chi connectivity index (χ4v) is 2.20. The van der Waals surface area contributed by atoms with Gasteiger partial charge in [0.1, 0.15) is 11.5 Å². The molecule has 4 heteroatoms. The summed E-state index contributed by atoms with van der Waals surface area (Å²) in [6.45, 7) is 2.07. The smallest absolute Gasteiger partial charge is 0.146 e. The minimum atomic E-state index is 0.161. The molecule has 2 N–H and O–H groups in total. The Kier molecular flexibility index (Phi) is 5.30. The number of nitrogens with two attached hydrogens (primary N) is 1. The van der Waals surface area contributed by atoms with Crippen LogP contribution in [0.3, 0.4) is 0 Å². The average molecular weight is 310 g/mol. The van der Waals surface area contributed by atoms with E-state index in [1.54, 1.807) is 24.3 Å².